The number of anilines is 1. The lowest BCUT2D eigenvalue weighted by atomic mass is 9.95. The van der Waals surface area contributed by atoms with Gasteiger partial charge in [0.05, 0.1) is 24.4 Å². The number of aryl methyl sites for hydroxylation is 2. The lowest BCUT2D eigenvalue weighted by Crippen LogP contribution is -2.36. The molecule has 0 radical (unpaired) electrons. The van der Waals surface area contributed by atoms with Crippen LogP contribution in [-0.4, -0.2) is 55.0 Å². The summed E-state index contributed by atoms with van der Waals surface area (Å²) in [6.07, 6.45) is -0.891. The fourth-order valence-corrected chi connectivity index (χ4v) is 5.68. The van der Waals surface area contributed by atoms with Gasteiger partial charge in [0.15, 0.2) is 23.0 Å². The molecule has 6 rings (SSSR count). The molecule has 41 heavy (non-hydrogen) atoms. The molecule has 214 valence electrons. The van der Waals surface area contributed by atoms with Gasteiger partial charge in [0.1, 0.15) is 29.9 Å². The Balaban J connectivity index is 1.37. The number of hydrogen-bond donors (Lipinski definition) is 0. The van der Waals surface area contributed by atoms with Crippen LogP contribution in [-0.2, 0) is 11.8 Å². The van der Waals surface area contributed by atoms with Crippen molar-refractivity contribution in [1.82, 2.24) is 9.55 Å². The topological polar surface area (TPSA) is 103 Å². The van der Waals surface area contributed by atoms with Crippen molar-refractivity contribution in [2.24, 2.45) is 7.05 Å². The van der Waals surface area contributed by atoms with Crippen molar-refractivity contribution in [3.8, 4) is 17.6 Å². The highest BCUT2D eigenvalue weighted by atomic mass is 19.3. The molecule has 0 bridgehead atoms. The lowest BCUT2D eigenvalue weighted by Gasteiger charge is -2.34. The van der Waals surface area contributed by atoms with Crippen LogP contribution in [0, 0.1) is 18.3 Å². The molecule has 9 nitrogen and oxygen atoms in total. The van der Waals surface area contributed by atoms with Crippen LogP contribution in [0.1, 0.15) is 42.2 Å². The molecule has 0 amide bonds. The van der Waals surface area contributed by atoms with Gasteiger partial charge in [-0.25, -0.2) is 13.8 Å². The van der Waals surface area contributed by atoms with Crippen LogP contribution in [0.15, 0.2) is 39.5 Å². The van der Waals surface area contributed by atoms with Crippen LogP contribution < -0.4 is 19.9 Å². The number of alkyl halides is 2. The molecule has 2 aliphatic heterocycles. The molecule has 2 aromatic heterocycles. The molecule has 2 aliphatic rings. The van der Waals surface area contributed by atoms with Crippen LogP contribution in [0.5, 0.6) is 11.5 Å². The summed E-state index contributed by atoms with van der Waals surface area (Å²) in [4.78, 5) is 20.1. The fourth-order valence-electron chi connectivity index (χ4n) is 5.68. The monoisotopic (exact) mass is 564 g/mol. The number of nitriles is 1. The van der Waals surface area contributed by atoms with E-state index in [0.717, 1.165) is 16.7 Å². The van der Waals surface area contributed by atoms with Gasteiger partial charge >= 0.3 is 0 Å². The minimum Gasteiger partial charge on any atom is -0.484 e. The second-order valence-electron chi connectivity index (χ2n) is 10.6. The van der Waals surface area contributed by atoms with Crippen molar-refractivity contribution in [1.29, 1.82) is 5.26 Å². The molecule has 0 saturated carbocycles. The SMILES string of the molecule is Cc1ccc2oc(C3CCN(c4c(C#N)c(=O)n(C)c5cc(O[C@@H]6CCOC6)c(OCC(F)F)cc45)CC3)nc2c1. The highest BCUT2D eigenvalue weighted by Crippen LogP contribution is 2.40. The van der Waals surface area contributed by atoms with E-state index < -0.39 is 18.6 Å². The molecule has 0 N–H and O–H groups in total. The number of aromatic nitrogens is 2. The second kappa shape index (κ2) is 11.0. The normalized spacial score (nSPS) is 18.0. The van der Waals surface area contributed by atoms with Gasteiger partial charge in [0.25, 0.3) is 12.0 Å². The molecule has 4 aromatic rings. The van der Waals surface area contributed by atoms with Gasteiger partial charge in [-0.15, -0.1) is 0 Å². The third-order valence-electron chi connectivity index (χ3n) is 7.81. The molecule has 0 unspecified atom stereocenters. The van der Waals surface area contributed by atoms with Gasteiger partial charge in [-0.05, 0) is 43.5 Å². The van der Waals surface area contributed by atoms with Crippen LogP contribution in [0.2, 0.25) is 0 Å². The zero-order valence-electron chi connectivity index (χ0n) is 22.9. The summed E-state index contributed by atoms with van der Waals surface area (Å²) < 4.78 is 50.7. The van der Waals surface area contributed by atoms with E-state index in [1.165, 1.54) is 4.57 Å². The van der Waals surface area contributed by atoms with Crippen LogP contribution in [0.4, 0.5) is 14.5 Å². The number of fused-ring (bicyclic) bond motifs is 2. The zero-order valence-corrected chi connectivity index (χ0v) is 22.9. The zero-order chi connectivity index (χ0) is 28.7. The summed E-state index contributed by atoms with van der Waals surface area (Å²) in [6.45, 7) is 3.20. The summed E-state index contributed by atoms with van der Waals surface area (Å²) in [5.41, 5.74) is 3.21. The van der Waals surface area contributed by atoms with Gasteiger partial charge in [0, 0.05) is 43.9 Å². The molecule has 2 fully saturated rings. The first-order valence-electron chi connectivity index (χ1n) is 13.7. The molecular weight excluding hydrogens is 534 g/mol. The van der Waals surface area contributed by atoms with Crippen LogP contribution >= 0.6 is 0 Å². The highest BCUT2D eigenvalue weighted by molar-refractivity contribution is 5.97. The largest absolute Gasteiger partial charge is 0.484 e. The quantitative estimate of drug-likeness (QED) is 0.307. The van der Waals surface area contributed by atoms with E-state index in [1.807, 2.05) is 30.0 Å². The molecule has 0 spiro atoms. The number of oxazole rings is 1. The Labute approximate surface area is 234 Å². The minimum absolute atomic E-state index is 0.00606. The summed E-state index contributed by atoms with van der Waals surface area (Å²) in [5, 5.41) is 10.6. The lowest BCUT2D eigenvalue weighted by molar-refractivity contribution is 0.0778. The summed E-state index contributed by atoms with van der Waals surface area (Å²) in [6, 6.07) is 11.2. The Morgan fingerprint density at radius 2 is 1.98 bits per heavy atom. The van der Waals surface area contributed by atoms with Crippen molar-refractivity contribution in [3.05, 3.63) is 57.7 Å². The van der Waals surface area contributed by atoms with Crippen molar-refractivity contribution in [3.63, 3.8) is 0 Å². The minimum atomic E-state index is -2.68. The maximum Gasteiger partial charge on any atom is 0.272 e. The van der Waals surface area contributed by atoms with Crippen molar-refractivity contribution >= 4 is 27.7 Å². The number of nitrogens with zero attached hydrogens (tertiary/aromatic N) is 4. The van der Waals surface area contributed by atoms with Gasteiger partial charge in [0.2, 0.25) is 0 Å². The number of pyridine rings is 1. The summed E-state index contributed by atoms with van der Waals surface area (Å²) in [5.74, 6) is 1.15. The number of piperidine rings is 1. The van der Waals surface area contributed by atoms with Crippen molar-refractivity contribution < 1.29 is 27.4 Å². The van der Waals surface area contributed by atoms with E-state index >= 15 is 0 Å². The highest BCUT2D eigenvalue weighted by Gasteiger charge is 2.30. The average Bonchev–Trinajstić information content (AvgIpc) is 3.64. The Morgan fingerprint density at radius 3 is 2.68 bits per heavy atom. The van der Waals surface area contributed by atoms with Gasteiger partial charge in [-0.3, -0.25) is 4.79 Å². The standard InChI is InChI=1S/C30H30F2N4O5/c1-17-3-4-24-22(11-17)34-29(41-24)18-5-8-36(9-6-18)28-20-12-25(39-16-27(31)32)26(40-19-7-10-38-15-19)13-23(20)35(2)30(37)21(28)14-33/h3-4,11-13,18-19,27H,5-10,15-16H2,1-2H3/t19-/m1/s1. The molecule has 11 heteroatoms. The van der Waals surface area contributed by atoms with E-state index in [4.69, 9.17) is 23.6 Å². The fraction of sp³-hybridized carbons (Fsp3) is 0.433. The first-order chi connectivity index (χ1) is 19.8. The Bertz CT molecular complexity index is 1700. The Hall–Kier alpha value is -4.17. The summed E-state index contributed by atoms with van der Waals surface area (Å²) in [7, 11) is 1.58. The van der Waals surface area contributed by atoms with Gasteiger partial charge in [-0.1, -0.05) is 6.07 Å². The van der Waals surface area contributed by atoms with Crippen LogP contribution in [0.25, 0.3) is 22.0 Å². The summed E-state index contributed by atoms with van der Waals surface area (Å²) >= 11 is 0. The van der Waals surface area contributed by atoms with E-state index in [2.05, 4.69) is 6.07 Å². The molecular formula is C30H30F2N4O5. The third-order valence-corrected chi connectivity index (χ3v) is 7.81. The number of benzene rings is 2. The van der Waals surface area contributed by atoms with Gasteiger partial charge in [-0.2, -0.15) is 5.26 Å². The third kappa shape index (κ3) is 5.20. The number of rotatable bonds is 7. The maximum absolute atomic E-state index is 13.3. The van der Waals surface area contributed by atoms with E-state index in [9.17, 15) is 18.8 Å². The average molecular weight is 565 g/mol. The Kier molecular flexibility index (Phi) is 7.26. The van der Waals surface area contributed by atoms with Gasteiger partial charge < -0.3 is 28.1 Å². The van der Waals surface area contributed by atoms with E-state index in [0.29, 0.717) is 68.0 Å². The number of hydrogen-bond acceptors (Lipinski definition) is 8. The second-order valence-corrected chi connectivity index (χ2v) is 10.6. The first kappa shape index (κ1) is 27.0. The van der Waals surface area contributed by atoms with E-state index in [1.54, 1.807) is 19.2 Å². The smallest absolute Gasteiger partial charge is 0.272 e. The first-order valence-corrected chi connectivity index (χ1v) is 13.7. The molecule has 2 saturated heterocycles. The molecule has 1 atom stereocenters. The van der Waals surface area contributed by atoms with Crippen molar-refractivity contribution in [2.75, 3.05) is 37.8 Å². The molecule has 2 aromatic carbocycles. The van der Waals surface area contributed by atoms with E-state index in [-0.39, 0.29) is 29.1 Å². The molecule has 0 aliphatic carbocycles. The predicted molar refractivity (Wildman–Crippen MR) is 148 cm³/mol. The predicted octanol–water partition coefficient (Wildman–Crippen LogP) is 5.06. The Morgan fingerprint density at radius 1 is 1.17 bits per heavy atom. The molecule has 4 heterocycles. The maximum atomic E-state index is 13.3. The van der Waals surface area contributed by atoms with Crippen LogP contribution in [0.3, 0.4) is 0 Å². The number of ether oxygens (including phenoxy) is 3. The number of halogens is 2. The van der Waals surface area contributed by atoms with Crippen molar-refractivity contribution in [2.45, 2.75) is 44.6 Å².